The van der Waals surface area contributed by atoms with Gasteiger partial charge in [-0.2, -0.15) is 0 Å². The normalized spacial score (nSPS) is 19.9. The quantitative estimate of drug-likeness (QED) is 0.621. The Kier molecular flexibility index (Phi) is 4.87. The third-order valence-electron chi connectivity index (χ3n) is 6.57. The van der Waals surface area contributed by atoms with Crippen LogP contribution in [0.2, 0.25) is 6.55 Å². The molecular weight excluding hydrogens is 328 g/mol. The molecule has 2 aromatic rings. The van der Waals surface area contributed by atoms with Crippen molar-refractivity contribution in [2.75, 3.05) is 0 Å². The number of hydrogen-bond donors (Lipinski definition) is 0. The summed E-state index contributed by atoms with van der Waals surface area (Å²) in [5.41, 5.74) is 8.69. The fourth-order valence-corrected chi connectivity index (χ4v) is 9.82. The number of aryl methyl sites for hydroxylation is 3. The summed E-state index contributed by atoms with van der Waals surface area (Å²) in [5, 5.41) is 4.78. The van der Waals surface area contributed by atoms with Gasteiger partial charge < -0.3 is 0 Å². The highest BCUT2D eigenvalue weighted by Gasteiger charge is 2.42. The van der Waals surface area contributed by atoms with E-state index in [1.54, 1.807) is 16.0 Å². The van der Waals surface area contributed by atoms with Crippen molar-refractivity contribution < 1.29 is 0 Å². The number of allylic oxidation sites excluding steroid dienone is 4. The maximum atomic E-state index is 2.57. The summed E-state index contributed by atoms with van der Waals surface area (Å²) in [7, 11) is -2.03. The molecule has 0 saturated heterocycles. The Balaban J connectivity index is 2.35. The average molecular weight is 361 g/mol. The molecule has 3 rings (SSSR count). The minimum Gasteiger partial charge on any atom is -0.0636 e. The maximum absolute atomic E-state index is 2.57. The Hall–Kier alpha value is -1.86. The van der Waals surface area contributed by atoms with Crippen LogP contribution in [0.4, 0.5) is 0 Å². The Labute approximate surface area is 160 Å². The first-order valence-corrected chi connectivity index (χ1v) is 12.2. The summed E-state index contributed by atoms with van der Waals surface area (Å²) >= 11 is 0. The van der Waals surface area contributed by atoms with E-state index in [1.807, 2.05) is 0 Å². The lowest BCUT2D eigenvalue weighted by molar-refractivity contribution is 0.850. The number of rotatable bonds is 3. The van der Waals surface area contributed by atoms with E-state index < -0.39 is 8.07 Å². The Morgan fingerprint density at radius 1 is 0.692 bits per heavy atom. The molecule has 0 aromatic heterocycles. The van der Waals surface area contributed by atoms with Crippen LogP contribution in [0.3, 0.4) is 0 Å². The van der Waals surface area contributed by atoms with Gasteiger partial charge in [0.05, 0.1) is 0 Å². The SMILES string of the molecule is CC1=C(C)C(C)C([Si](C)(c2cccc(C)c2)c2cc(C)cc(C)c2)=C1C. The van der Waals surface area contributed by atoms with Gasteiger partial charge in [-0.25, -0.2) is 0 Å². The molecule has 2 aromatic carbocycles. The lowest BCUT2D eigenvalue weighted by Gasteiger charge is -2.35. The van der Waals surface area contributed by atoms with Crippen molar-refractivity contribution >= 4 is 18.4 Å². The Morgan fingerprint density at radius 3 is 1.77 bits per heavy atom. The molecule has 2 atom stereocenters. The number of benzene rings is 2. The Bertz CT molecular complexity index is 909. The zero-order chi connectivity index (χ0) is 19.2. The second kappa shape index (κ2) is 6.70. The smallest absolute Gasteiger partial charge is 0.0636 e. The number of hydrogen-bond acceptors (Lipinski definition) is 0. The van der Waals surface area contributed by atoms with Gasteiger partial charge >= 0.3 is 0 Å². The molecule has 0 N–H and O–H groups in total. The molecule has 0 amide bonds. The molecule has 0 saturated carbocycles. The zero-order valence-corrected chi connectivity index (χ0v) is 18.6. The molecule has 26 heavy (non-hydrogen) atoms. The van der Waals surface area contributed by atoms with E-state index in [4.69, 9.17) is 0 Å². The highest BCUT2D eigenvalue weighted by molar-refractivity contribution is 7.06. The predicted molar refractivity (Wildman–Crippen MR) is 118 cm³/mol. The van der Waals surface area contributed by atoms with E-state index in [1.165, 1.54) is 33.0 Å². The molecular formula is C25H32Si. The maximum Gasteiger partial charge on any atom is 0.142 e. The molecule has 136 valence electrons. The molecule has 1 heteroatoms. The molecule has 0 fully saturated rings. The molecule has 0 spiro atoms. The standard InChI is InChI=1S/C25H32Si/c1-16-10-9-11-23(13-16)26(8,24-14-17(2)12-18(3)15-24)25-21(6)19(4)20(5)22(25)7/h9-15,21H,1-8H3. The van der Waals surface area contributed by atoms with Gasteiger partial charge in [-0.1, -0.05) is 89.0 Å². The monoisotopic (exact) mass is 360 g/mol. The van der Waals surface area contributed by atoms with E-state index >= 15 is 0 Å². The zero-order valence-electron chi connectivity index (χ0n) is 17.6. The van der Waals surface area contributed by atoms with Crippen LogP contribution in [0.1, 0.15) is 44.4 Å². The van der Waals surface area contributed by atoms with Crippen LogP contribution in [-0.2, 0) is 0 Å². The van der Waals surface area contributed by atoms with Gasteiger partial charge in [-0.15, -0.1) is 0 Å². The Morgan fingerprint density at radius 2 is 1.27 bits per heavy atom. The minimum atomic E-state index is -2.03. The summed E-state index contributed by atoms with van der Waals surface area (Å²) in [6.45, 7) is 18.6. The summed E-state index contributed by atoms with van der Waals surface area (Å²) in [5.74, 6) is 0.535. The molecule has 0 radical (unpaired) electrons. The van der Waals surface area contributed by atoms with Gasteiger partial charge in [0.1, 0.15) is 8.07 Å². The predicted octanol–water partition coefficient (Wildman–Crippen LogP) is 5.65. The van der Waals surface area contributed by atoms with Crippen LogP contribution in [-0.4, -0.2) is 8.07 Å². The fourth-order valence-electron chi connectivity index (χ4n) is 4.87. The molecule has 1 aliphatic carbocycles. The van der Waals surface area contributed by atoms with Gasteiger partial charge in [0.2, 0.25) is 0 Å². The van der Waals surface area contributed by atoms with E-state index in [9.17, 15) is 0 Å². The molecule has 0 bridgehead atoms. The van der Waals surface area contributed by atoms with E-state index in [0.29, 0.717) is 5.92 Å². The summed E-state index contributed by atoms with van der Waals surface area (Å²) in [4.78, 5) is 0. The van der Waals surface area contributed by atoms with Crippen LogP contribution in [0.5, 0.6) is 0 Å². The summed E-state index contributed by atoms with van der Waals surface area (Å²) in [6, 6.07) is 16.4. The first-order chi connectivity index (χ1) is 12.2. The van der Waals surface area contributed by atoms with Crippen molar-refractivity contribution in [3.8, 4) is 0 Å². The molecule has 0 nitrogen and oxygen atoms in total. The fraction of sp³-hybridized carbons (Fsp3) is 0.360. The van der Waals surface area contributed by atoms with Crippen molar-refractivity contribution in [3.63, 3.8) is 0 Å². The molecule has 0 aliphatic heterocycles. The van der Waals surface area contributed by atoms with E-state index in [0.717, 1.165) is 0 Å². The topological polar surface area (TPSA) is 0 Å². The second-order valence-electron chi connectivity index (χ2n) is 8.44. The minimum absolute atomic E-state index is 0.535. The third kappa shape index (κ3) is 2.93. The van der Waals surface area contributed by atoms with E-state index in [-0.39, 0.29) is 0 Å². The van der Waals surface area contributed by atoms with Gasteiger partial charge in [-0.3, -0.25) is 0 Å². The molecule has 1 aliphatic rings. The third-order valence-corrected chi connectivity index (χ3v) is 11.4. The largest absolute Gasteiger partial charge is 0.142 e. The highest BCUT2D eigenvalue weighted by atomic mass is 28.3. The van der Waals surface area contributed by atoms with E-state index in [2.05, 4.69) is 97.5 Å². The second-order valence-corrected chi connectivity index (χ2v) is 12.4. The summed E-state index contributed by atoms with van der Waals surface area (Å²) in [6.07, 6.45) is 0. The first kappa shape index (κ1) is 18.9. The van der Waals surface area contributed by atoms with Crippen molar-refractivity contribution in [1.82, 2.24) is 0 Å². The van der Waals surface area contributed by atoms with Crippen molar-refractivity contribution in [2.45, 2.75) is 55.0 Å². The van der Waals surface area contributed by atoms with Crippen molar-refractivity contribution in [1.29, 1.82) is 0 Å². The average Bonchev–Trinajstić information content (AvgIpc) is 2.77. The molecule has 2 unspecified atom stereocenters. The molecule has 0 heterocycles. The van der Waals surface area contributed by atoms with Crippen LogP contribution < -0.4 is 10.4 Å². The van der Waals surface area contributed by atoms with Gasteiger partial charge in [-0.05, 0) is 63.4 Å². The van der Waals surface area contributed by atoms with Gasteiger partial charge in [0.25, 0.3) is 0 Å². The van der Waals surface area contributed by atoms with Gasteiger partial charge in [0, 0.05) is 0 Å². The van der Waals surface area contributed by atoms with Crippen molar-refractivity contribution in [2.24, 2.45) is 5.92 Å². The summed E-state index contributed by atoms with van der Waals surface area (Å²) < 4.78 is 0. The van der Waals surface area contributed by atoms with Crippen LogP contribution in [0, 0.1) is 26.7 Å². The van der Waals surface area contributed by atoms with Gasteiger partial charge in [0.15, 0.2) is 0 Å². The highest BCUT2D eigenvalue weighted by Crippen LogP contribution is 2.41. The lowest BCUT2D eigenvalue weighted by Crippen LogP contribution is -2.59. The van der Waals surface area contributed by atoms with Crippen LogP contribution >= 0.6 is 0 Å². The van der Waals surface area contributed by atoms with Crippen LogP contribution in [0.15, 0.2) is 64.4 Å². The lowest BCUT2D eigenvalue weighted by atomic mass is 10.1. The first-order valence-electron chi connectivity index (χ1n) is 9.71. The van der Waals surface area contributed by atoms with Crippen LogP contribution in [0.25, 0.3) is 0 Å². The van der Waals surface area contributed by atoms with Crippen molar-refractivity contribution in [3.05, 3.63) is 81.1 Å².